The van der Waals surface area contributed by atoms with E-state index in [1.54, 1.807) is 17.7 Å². The normalized spacial score (nSPS) is 14.3. The van der Waals surface area contributed by atoms with Crippen LogP contribution in [0, 0.1) is 5.82 Å². The molecule has 2 aliphatic rings. The maximum atomic E-state index is 14.7. The summed E-state index contributed by atoms with van der Waals surface area (Å²) in [5.74, 6) is 1.41. The van der Waals surface area contributed by atoms with Crippen LogP contribution in [0.1, 0.15) is 17.7 Å². The molecule has 1 aliphatic heterocycles. The quantitative estimate of drug-likeness (QED) is 0.549. The smallest absolute Gasteiger partial charge is 0.248 e. The fourth-order valence-corrected chi connectivity index (χ4v) is 3.63. The molecule has 2 aromatic rings. The van der Waals surface area contributed by atoms with Crippen LogP contribution in [0.2, 0.25) is 0 Å². The number of allylic oxidation sites excluding steroid dienone is 1. The Bertz CT molecular complexity index is 1110. The maximum Gasteiger partial charge on any atom is 0.248 e. The number of ether oxygens (including phenoxy) is 1. The van der Waals surface area contributed by atoms with Gasteiger partial charge in [0.05, 0.1) is 10.8 Å². The van der Waals surface area contributed by atoms with Gasteiger partial charge in [-0.3, -0.25) is 0 Å². The number of hydrogen-bond donors (Lipinski definition) is 1. The molecule has 4 rings (SSSR count). The van der Waals surface area contributed by atoms with Crippen molar-refractivity contribution in [2.24, 2.45) is 7.05 Å². The Morgan fingerprint density at radius 3 is 2.59 bits per heavy atom. The molecule has 0 spiro atoms. The largest absolute Gasteiger partial charge is 0.509 e. The fraction of sp³-hybridized carbons (Fsp3) is 0.190. The lowest BCUT2D eigenvalue weighted by Gasteiger charge is -2.21. The van der Waals surface area contributed by atoms with Gasteiger partial charge in [-0.15, -0.1) is 0 Å². The number of aliphatic hydroxyl groups excluding tert-OH is 1. The van der Waals surface area contributed by atoms with Crippen molar-refractivity contribution < 1.29 is 23.2 Å². The molecule has 2 heterocycles. The molecule has 3 nitrogen and oxygen atoms in total. The van der Waals surface area contributed by atoms with Gasteiger partial charge in [0.1, 0.15) is 30.1 Å². The van der Waals surface area contributed by atoms with Gasteiger partial charge in [0.2, 0.25) is 17.2 Å². The van der Waals surface area contributed by atoms with Gasteiger partial charge in [0.25, 0.3) is 0 Å². The molecule has 0 unspecified atom stereocenters. The van der Waals surface area contributed by atoms with Crippen molar-refractivity contribution in [2.75, 3.05) is 5.83 Å². The lowest BCUT2D eigenvalue weighted by Crippen LogP contribution is -2.51. The third-order valence-corrected chi connectivity index (χ3v) is 4.78. The van der Waals surface area contributed by atoms with Crippen LogP contribution in [0.25, 0.3) is 29.4 Å². The first kappa shape index (κ1) is 19.3. The third-order valence-electron chi connectivity index (χ3n) is 4.78. The Morgan fingerprint density at radius 1 is 1.22 bits per heavy atom. The summed E-state index contributed by atoms with van der Waals surface area (Å²) in [6.07, 6.45) is 2.25. The van der Waals surface area contributed by atoms with E-state index in [9.17, 15) is 13.9 Å². The number of aliphatic hydroxyl groups is 1. The van der Waals surface area contributed by atoms with Crippen LogP contribution in [0.15, 0.2) is 36.6 Å². The second kappa shape index (κ2) is 7.27. The van der Waals surface area contributed by atoms with E-state index in [1.807, 2.05) is 5.83 Å². The van der Waals surface area contributed by atoms with Gasteiger partial charge in [-0.05, 0) is 41.7 Å². The summed E-state index contributed by atoms with van der Waals surface area (Å²) in [5, 5.41) is 11.1. The predicted molar refractivity (Wildman–Crippen MR) is 106 cm³/mol. The van der Waals surface area contributed by atoms with Crippen molar-refractivity contribution >= 4 is 34.1 Å². The average molecular weight is 435 g/mol. The Balaban J connectivity index is 0.00000102. The highest BCUT2D eigenvalue weighted by Gasteiger charge is 2.35. The van der Waals surface area contributed by atoms with E-state index < -0.39 is 11.6 Å². The topological polar surface area (TPSA) is 33.3 Å². The van der Waals surface area contributed by atoms with E-state index in [1.165, 1.54) is 18.2 Å². The summed E-state index contributed by atoms with van der Waals surface area (Å²) in [4.78, 5) is 0. The molecule has 0 fully saturated rings. The number of hydrogen-bond acceptors (Lipinski definition) is 2. The summed E-state index contributed by atoms with van der Waals surface area (Å²) in [7, 11) is 1.69. The highest BCUT2D eigenvalue weighted by molar-refractivity contribution is 9.08. The van der Waals surface area contributed by atoms with Crippen molar-refractivity contribution in [3.8, 4) is 17.0 Å². The van der Waals surface area contributed by atoms with Crippen LogP contribution >= 0.6 is 15.9 Å². The molecule has 27 heavy (non-hydrogen) atoms. The number of halogens is 3. The van der Waals surface area contributed by atoms with E-state index in [-0.39, 0.29) is 17.9 Å². The summed E-state index contributed by atoms with van der Waals surface area (Å²) in [6, 6.07) is 4.19. The molecule has 0 atom stereocenters. The summed E-state index contributed by atoms with van der Waals surface area (Å²) < 4.78 is 36.0. The van der Waals surface area contributed by atoms with Crippen LogP contribution in [0.3, 0.4) is 0 Å². The molecule has 0 bridgehead atoms. The SMILES string of the molecule is C=CC1=c2c([n+](C)c3c(c2=C)CCC(O)=C3F)-c2cc(F)ccc2O1.CBr. The van der Waals surface area contributed by atoms with Crippen molar-refractivity contribution in [1.82, 2.24) is 0 Å². The minimum Gasteiger partial charge on any atom is -0.509 e. The van der Waals surface area contributed by atoms with Gasteiger partial charge in [0, 0.05) is 12.0 Å². The Labute approximate surface area is 164 Å². The molecule has 0 amide bonds. The van der Waals surface area contributed by atoms with Crippen molar-refractivity contribution in [3.63, 3.8) is 0 Å². The minimum atomic E-state index is -0.666. The fourth-order valence-electron chi connectivity index (χ4n) is 3.63. The van der Waals surface area contributed by atoms with Crippen LogP contribution in [-0.2, 0) is 13.5 Å². The molecule has 0 saturated heterocycles. The van der Waals surface area contributed by atoms with Gasteiger partial charge < -0.3 is 9.84 Å². The Hall–Kier alpha value is -2.47. The molecule has 0 radical (unpaired) electrons. The predicted octanol–water partition coefficient (Wildman–Crippen LogP) is 3.57. The van der Waals surface area contributed by atoms with E-state index in [0.29, 0.717) is 45.2 Å². The minimum absolute atomic E-state index is 0.218. The molecule has 1 aromatic carbocycles. The van der Waals surface area contributed by atoms with Gasteiger partial charge in [-0.25, -0.2) is 4.39 Å². The van der Waals surface area contributed by atoms with Crippen LogP contribution < -0.4 is 19.7 Å². The molecule has 6 heteroatoms. The van der Waals surface area contributed by atoms with Gasteiger partial charge in [-0.2, -0.15) is 8.96 Å². The van der Waals surface area contributed by atoms with Gasteiger partial charge >= 0.3 is 0 Å². The number of pyridine rings is 1. The molecule has 1 aliphatic carbocycles. The standard InChI is InChI=1S/C20H15F2NO2.CH3Br/c1-4-15-17-10(2)12-6-7-14(24)18(22)20(12)23(3)19(17)13-9-11(21)5-8-16(13)25-15;1-2/h4-5,8-9H,1-2,6-7H2,3H3;1H3/p+1. The first-order valence-electron chi connectivity index (χ1n) is 8.28. The summed E-state index contributed by atoms with van der Waals surface area (Å²) >= 11 is 2.94. The maximum absolute atomic E-state index is 14.7. The second-order valence-corrected chi connectivity index (χ2v) is 6.16. The highest BCUT2D eigenvalue weighted by atomic mass is 79.9. The third kappa shape index (κ3) is 2.88. The van der Waals surface area contributed by atoms with E-state index in [4.69, 9.17) is 4.74 Å². The highest BCUT2D eigenvalue weighted by Crippen LogP contribution is 2.34. The summed E-state index contributed by atoms with van der Waals surface area (Å²) in [5.41, 5.74) is 2.07. The Kier molecular flexibility index (Phi) is 5.20. The number of rotatable bonds is 1. The van der Waals surface area contributed by atoms with Crippen molar-refractivity contribution in [1.29, 1.82) is 0 Å². The first-order valence-corrected chi connectivity index (χ1v) is 9.86. The van der Waals surface area contributed by atoms with Crippen LogP contribution in [-0.4, -0.2) is 10.9 Å². The van der Waals surface area contributed by atoms with Gasteiger partial charge in [-0.1, -0.05) is 29.1 Å². The second-order valence-electron chi connectivity index (χ2n) is 6.16. The molecule has 140 valence electrons. The molecular weight excluding hydrogens is 416 g/mol. The number of benzene rings is 1. The zero-order valence-electron chi connectivity index (χ0n) is 15.1. The number of aromatic nitrogens is 1. The molecule has 1 aromatic heterocycles. The van der Waals surface area contributed by atoms with Crippen LogP contribution in [0.5, 0.6) is 5.75 Å². The first-order chi connectivity index (χ1) is 12.9. The molecule has 0 saturated carbocycles. The lowest BCUT2D eigenvalue weighted by atomic mass is 9.93. The van der Waals surface area contributed by atoms with E-state index in [2.05, 4.69) is 29.1 Å². The number of nitrogens with zero attached hydrogens (tertiary/aromatic N) is 1. The summed E-state index contributed by atoms with van der Waals surface area (Å²) in [6.45, 7) is 7.90. The molecular formula is C21H19BrF2NO2+. The zero-order chi connectivity index (χ0) is 19.9. The van der Waals surface area contributed by atoms with Crippen molar-refractivity contribution in [3.05, 3.63) is 64.1 Å². The van der Waals surface area contributed by atoms with Gasteiger partial charge in [0.15, 0.2) is 0 Å². The number of fused-ring (bicyclic) bond motifs is 4. The Morgan fingerprint density at radius 2 is 1.93 bits per heavy atom. The zero-order valence-corrected chi connectivity index (χ0v) is 16.7. The monoisotopic (exact) mass is 434 g/mol. The number of alkyl halides is 1. The molecule has 1 N–H and O–H groups in total. The van der Waals surface area contributed by atoms with Crippen molar-refractivity contribution in [2.45, 2.75) is 12.8 Å². The van der Waals surface area contributed by atoms with E-state index >= 15 is 0 Å². The lowest BCUT2D eigenvalue weighted by molar-refractivity contribution is -0.664. The van der Waals surface area contributed by atoms with Crippen LogP contribution in [0.4, 0.5) is 8.78 Å². The average Bonchev–Trinajstić information content (AvgIpc) is 2.68. The van der Waals surface area contributed by atoms with E-state index in [0.717, 1.165) is 0 Å².